The Morgan fingerprint density at radius 2 is 2.00 bits per heavy atom. The van der Waals surface area contributed by atoms with Crippen LogP contribution in [0.25, 0.3) is 0 Å². The van der Waals surface area contributed by atoms with Crippen molar-refractivity contribution >= 4 is 5.69 Å². The smallest absolute Gasteiger partial charge is 0.0414 e. The van der Waals surface area contributed by atoms with E-state index in [1.807, 2.05) is 0 Å². The maximum absolute atomic E-state index is 3.61. The number of nitrogens with zero attached hydrogens (tertiary/aromatic N) is 1. The highest BCUT2D eigenvalue weighted by Crippen LogP contribution is 2.30. The number of benzene rings is 1. The summed E-state index contributed by atoms with van der Waals surface area (Å²) in [6, 6.07) is 9.60. The summed E-state index contributed by atoms with van der Waals surface area (Å²) in [7, 11) is 0. The summed E-state index contributed by atoms with van der Waals surface area (Å²) in [5, 5.41) is 3.61. The molecule has 2 rings (SSSR count). The average molecular weight is 260 g/mol. The quantitative estimate of drug-likeness (QED) is 0.881. The summed E-state index contributed by atoms with van der Waals surface area (Å²) in [5.41, 5.74) is 3.03. The van der Waals surface area contributed by atoms with Crippen LogP contribution < -0.4 is 10.2 Å². The molecule has 0 radical (unpaired) electrons. The van der Waals surface area contributed by atoms with Crippen LogP contribution in [0, 0.1) is 0 Å². The second kappa shape index (κ2) is 5.96. The number of nitrogens with one attached hydrogen (secondary N) is 1. The fourth-order valence-electron chi connectivity index (χ4n) is 2.88. The zero-order valence-electron chi connectivity index (χ0n) is 12.9. The maximum atomic E-state index is 3.61. The lowest BCUT2D eigenvalue weighted by Gasteiger charge is -2.29. The van der Waals surface area contributed by atoms with E-state index in [-0.39, 0.29) is 5.54 Å². The van der Waals surface area contributed by atoms with Gasteiger partial charge < -0.3 is 10.2 Å². The van der Waals surface area contributed by atoms with Gasteiger partial charge in [0.2, 0.25) is 0 Å². The Hall–Kier alpha value is -1.02. The van der Waals surface area contributed by atoms with E-state index in [9.17, 15) is 0 Å². The molecule has 0 bridgehead atoms. The Bertz CT molecular complexity index is 406. The zero-order chi connectivity index (χ0) is 13.9. The Morgan fingerprint density at radius 1 is 1.26 bits per heavy atom. The predicted molar refractivity (Wildman–Crippen MR) is 83.7 cm³/mol. The van der Waals surface area contributed by atoms with Gasteiger partial charge in [0.25, 0.3) is 0 Å². The van der Waals surface area contributed by atoms with Crippen molar-refractivity contribution in [1.29, 1.82) is 0 Å². The number of hydrogen-bond acceptors (Lipinski definition) is 2. The first kappa shape index (κ1) is 14.4. The molecule has 1 aromatic rings. The Kier molecular flexibility index (Phi) is 4.51. The summed E-state index contributed by atoms with van der Waals surface area (Å²) in [5.74, 6) is 0. The van der Waals surface area contributed by atoms with Gasteiger partial charge >= 0.3 is 0 Å². The fraction of sp³-hybridized carbons (Fsp3) is 0.647. The first-order valence-corrected chi connectivity index (χ1v) is 7.61. The first-order chi connectivity index (χ1) is 9.01. The van der Waals surface area contributed by atoms with Crippen molar-refractivity contribution in [3.8, 4) is 0 Å². The van der Waals surface area contributed by atoms with Gasteiger partial charge in [-0.3, -0.25) is 0 Å². The van der Waals surface area contributed by atoms with E-state index >= 15 is 0 Å². The van der Waals surface area contributed by atoms with Gasteiger partial charge in [0.05, 0.1) is 0 Å². The third kappa shape index (κ3) is 3.73. The first-order valence-electron chi connectivity index (χ1n) is 7.61. The predicted octanol–water partition coefficient (Wildman–Crippen LogP) is 3.95. The molecular weight excluding hydrogens is 232 g/mol. The molecule has 1 aliphatic heterocycles. The average Bonchev–Trinajstić information content (AvgIpc) is 2.84. The lowest BCUT2D eigenvalue weighted by Crippen LogP contribution is -2.36. The topological polar surface area (TPSA) is 15.3 Å². The third-order valence-corrected chi connectivity index (χ3v) is 3.96. The summed E-state index contributed by atoms with van der Waals surface area (Å²) in [4.78, 5) is 2.61. The van der Waals surface area contributed by atoms with E-state index < -0.39 is 0 Å². The molecule has 0 spiro atoms. The van der Waals surface area contributed by atoms with Crippen molar-refractivity contribution < 1.29 is 0 Å². The number of rotatable bonds is 4. The van der Waals surface area contributed by atoms with Gasteiger partial charge in [0.15, 0.2) is 0 Å². The van der Waals surface area contributed by atoms with E-state index in [0.717, 1.165) is 12.6 Å². The van der Waals surface area contributed by atoms with Gasteiger partial charge in [0, 0.05) is 30.4 Å². The van der Waals surface area contributed by atoms with Gasteiger partial charge in [-0.25, -0.2) is 0 Å². The number of hydrogen-bond donors (Lipinski definition) is 1. The highest BCUT2D eigenvalue weighted by molar-refractivity contribution is 5.55. The molecule has 0 saturated carbocycles. The Balaban J connectivity index is 2.16. The lowest BCUT2D eigenvalue weighted by atomic mass is 10.1. The van der Waals surface area contributed by atoms with Crippen LogP contribution in [0.5, 0.6) is 0 Å². The number of anilines is 1. The summed E-state index contributed by atoms with van der Waals surface area (Å²) >= 11 is 0. The molecule has 1 N–H and O–H groups in total. The van der Waals surface area contributed by atoms with Crippen LogP contribution in [-0.2, 0) is 6.54 Å². The monoisotopic (exact) mass is 260 g/mol. The molecule has 1 unspecified atom stereocenters. The summed E-state index contributed by atoms with van der Waals surface area (Å²) < 4.78 is 0. The molecule has 1 saturated heterocycles. The van der Waals surface area contributed by atoms with Gasteiger partial charge in [-0.1, -0.05) is 25.1 Å². The molecule has 19 heavy (non-hydrogen) atoms. The van der Waals surface area contributed by atoms with Crippen LogP contribution in [-0.4, -0.2) is 18.1 Å². The van der Waals surface area contributed by atoms with Crippen LogP contribution in [0.4, 0.5) is 5.69 Å². The molecule has 1 atom stereocenters. The van der Waals surface area contributed by atoms with Crippen molar-refractivity contribution in [3.05, 3.63) is 29.8 Å². The second-order valence-corrected chi connectivity index (χ2v) is 6.63. The Morgan fingerprint density at radius 3 is 2.68 bits per heavy atom. The van der Waals surface area contributed by atoms with E-state index in [2.05, 4.69) is 62.2 Å². The van der Waals surface area contributed by atoms with E-state index in [1.54, 1.807) is 0 Å². The Labute approximate surface area is 118 Å². The van der Waals surface area contributed by atoms with Gasteiger partial charge in [0.1, 0.15) is 0 Å². The molecule has 0 aliphatic carbocycles. The van der Waals surface area contributed by atoms with E-state index in [1.165, 1.54) is 37.1 Å². The maximum Gasteiger partial charge on any atom is 0.0414 e. The standard InChI is InChI=1S/C17H28N2/c1-5-15-10-8-12-19(15)16-11-7-6-9-14(16)13-18-17(2,3)4/h6-7,9,11,15,18H,5,8,10,12-13H2,1-4H3. The third-order valence-electron chi connectivity index (χ3n) is 3.96. The van der Waals surface area contributed by atoms with Crippen molar-refractivity contribution in [2.75, 3.05) is 11.4 Å². The minimum absolute atomic E-state index is 0.169. The number of para-hydroxylation sites is 1. The van der Waals surface area contributed by atoms with Crippen LogP contribution in [0.3, 0.4) is 0 Å². The lowest BCUT2D eigenvalue weighted by molar-refractivity contribution is 0.424. The molecule has 2 heteroatoms. The molecule has 2 nitrogen and oxygen atoms in total. The van der Waals surface area contributed by atoms with E-state index in [4.69, 9.17) is 0 Å². The van der Waals surface area contributed by atoms with Gasteiger partial charge in [-0.15, -0.1) is 0 Å². The van der Waals surface area contributed by atoms with Crippen LogP contribution in [0.15, 0.2) is 24.3 Å². The van der Waals surface area contributed by atoms with E-state index in [0.29, 0.717) is 0 Å². The molecule has 0 aromatic heterocycles. The highest BCUT2D eigenvalue weighted by atomic mass is 15.2. The largest absolute Gasteiger partial charge is 0.368 e. The van der Waals surface area contributed by atoms with Crippen molar-refractivity contribution in [1.82, 2.24) is 5.32 Å². The zero-order valence-corrected chi connectivity index (χ0v) is 12.9. The van der Waals surface area contributed by atoms with Crippen molar-refractivity contribution in [3.63, 3.8) is 0 Å². The molecule has 106 valence electrons. The SMILES string of the molecule is CCC1CCCN1c1ccccc1CNC(C)(C)C. The van der Waals surface area contributed by atoms with Crippen LogP contribution >= 0.6 is 0 Å². The van der Waals surface area contributed by atoms with Crippen LogP contribution in [0.2, 0.25) is 0 Å². The minimum atomic E-state index is 0.169. The summed E-state index contributed by atoms with van der Waals surface area (Å²) in [6.07, 6.45) is 3.93. The minimum Gasteiger partial charge on any atom is -0.368 e. The molecule has 1 fully saturated rings. The van der Waals surface area contributed by atoms with Crippen molar-refractivity contribution in [2.24, 2.45) is 0 Å². The van der Waals surface area contributed by atoms with Gasteiger partial charge in [-0.05, 0) is 51.7 Å². The summed E-state index contributed by atoms with van der Waals surface area (Å²) in [6.45, 7) is 11.1. The molecular formula is C17H28N2. The van der Waals surface area contributed by atoms with Crippen molar-refractivity contribution in [2.45, 2.75) is 65.1 Å². The molecule has 1 heterocycles. The molecule has 0 amide bonds. The fourth-order valence-corrected chi connectivity index (χ4v) is 2.88. The molecule has 1 aromatic carbocycles. The van der Waals surface area contributed by atoms with Crippen LogP contribution in [0.1, 0.15) is 52.5 Å². The second-order valence-electron chi connectivity index (χ2n) is 6.63. The normalized spacial score (nSPS) is 20.0. The highest BCUT2D eigenvalue weighted by Gasteiger charge is 2.24. The molecule has 1 aliphatic rings. The van der Waals surface area contributed by atoms with Gasteiger partial charge in [-0.2, -0.15) is 0 Å².